The Bertz CT molecular complexity index is 948. The maximum atomic E-state index is 13.9. The van der Waals surface area contributed by atoms with Crippen LogP contribution in [0.1, 0.15) is 66.4 Å². The fourth-order valence-electron chi connectivity index (χ4n) is 4.44. The van der Waals surface area contributed by atoms with Crippen molar-refractivity contribution < 1.29 is 34.1 Å². The van der Waals surface area contributed by atoms with Crippen LogP contribution in [0.4, 0.5) is 4.79 Å². The van der Waals surface area contributed by atoms with Crippen molar-refractivity contribution in [2.75, 3.05) is 13.1 Å². The molecule has 37 heavy (non-hydrogen) atoms. The zero-order valence-electron chi connectivity index (χ0n) is 22.6. The molecule has 4 N–H and O–H groups in total. The molecule has 3 atom stereocenters. The second kappa shape index (κ2) is 12.4. The van der Waals surface area contributed by atoms with Gasteiger partial charge in [-0.15, -0.1) is 0 Å². The number of ether oxygens (including phenoxy) is 1. The third-order valence-corrected chi connectivity index (χ3v) is 6.40. The van der Waals surface area contributed by atoms with Gasteiger partial charge in [-0.2, -0.15) is 0 Å². The Hall–Kier alpha value is -3.14. The zero-order valence-corrected chi connectivity index (χ0v) is 22.6. The number of hydrogen-bond acceptors (Lipinski definition) is 6. The van der Waals surface area contributed by atoms with E-state index in [-0.39, 0.29) is 18.2 Å². The quantitative estimate of drug-likeness (QED) is 0.392. The number of likely N-dealkylation sites (tertiary alicyclic amines) is 1. The van der Waals surface area contributed by atoms with Gasteiger partial charge in [0.05, 0.1) is 11.5 Å². The summed E-state index contributed by atoms with van der Waals surface area (Å²) >= 11 is 0. The predicted octanol–water partition coefficient (Wildman–Crippen LogP) is 2.44. The molecule has 1 aromatic rings. The van der Waals surface area contributed by atoms with E-state index in [4.69, 9.17) is 4.74 Å². The maximum Gasteiger partial charge on any atom is 0.410 e. The molecule has 3 amide bonds. The van der Waals surface area contributed by atoms with Crippen molar-refractivity contribution in [2.24, 2.45) is 5.92 Å². The number of carbonyl (C=O) groups excluding carboxylic acids is 3. The molecular formula is C27H41N3O7. The van der Waals surface area contributed by atoms with Crippen molar-refractivity contribution in [3.8, 4) is 0 Å². The largest absolute Gasteiger partial charge is 0.480 e. The van der Waals surface area contributed by atoms with Crippen LogP contribution in [0.25, 0.3) is 0 Å². The zero-order chi connectivity index (χ0) is 28.0. The van der Waals surface area contributed by atoms with E-state index >= 15 is 0 Å². The summed E-state index contributed by atoms with van der Waals surface area (Å²) < 4.78 is 5.49. The number of aliphatic hydroxyl groups excluding tert-OH is 1. The summed E-state index contributed by atoms with van der Waals surface area (Å²) in [6.45, 7) is 11.0. The van der Waals surface area contributed by atoms with Gasteiger partial charge >= 0.3 is 12.1 Å². The third kappa shape index (κ3) is 8.18. The van der Waals surface area contributed by atoms with Gasteiger partial charge in [0, 0.05) is 13.1 Å². The van der Waals surface area contributed by atoms with Crippen molar-refractivity contribution in [1.82, 2.24) is 15.5 Å². The SMILES string of the molecule is CC(C)C[C@H](NC(=O)C1(c2ccccc2)CCN(C(=O)OC(C)(C)C)CC1)C(=O)N[C@H](C(=O)O)[C@@H](C)O. The molecule has 0 bridgehead atoms. The number of nitrogens with zero attached hydrogens (tertiary/aromatic N) is 1. The number of piperidine rings is 1. The molecule has 0 aromatic heterocycles. The van der Waals surface area contributed by atoms with Crippen molar-refractivity contribution in [3.05, 3.63) is 35.9 Å². The summed E-state index contributed by atoms with van der Waals surface area (Å²) in [7, 11) is 0. The molecule has 0 spiro atoms. The average molecular weight is 520 g/mol. The maximum absolute atomic E-state index is 13.9. The van der Waals surface area contributed by atoms with Gasteiger partial charge in [0.15, 0.2) is 6.04 Å². The average Bonchev–Trinajstić information content (AvgIpc) is 2.80. The Morgan fingerprint density at radius 3 is 2.05 bits per heavy atom. The van der Waals surface area contributed by atoms with Crippen LogP contribution >= 0.6 is 0 Å². The fourth-order valence-corrected chi connectivity index (χ4v) is 4.44. The van der Waals surface area contributed by atoms with E-state index in [0.29, 0.717) is 25.9 Å². The molecule has 0 unspecified atom stereocenters. The van der Waals surface area contributed by atoms with E-state index < -0.39 is 47.2 Å². The molecule has 2 rings (SSSR count). The molecule has 1 fully saturated rings. The Morgan fingerprint density at radius 2 is 1.59 bits per heavy atom. The van der Waals surface area contributed by atoms with Crippen molar-refractivity contribution >= 4 is 23.9 Å². The standard InChI is InChI=1S/C27H41N3O7/c1-17(2)16-20(22(32)29-21(18(3)31)23(33)34)28-24(35)27(19-10-8-7-9-11-19)12-14-30(15-13-27)25(36)37-26(4,5)6/h7-11,17-18,20-21,31H,12-16H2,1-6H3,(H,28,35)(H,29,32)(H,33,34)/t18-,20+,21+/m1/s1. The molecule has 0 aliphatic carbocycles. The Kier molecular flexibility index (Phi) is 10.1. The van der Waals surface area contributed by atoms with Gasteiger partial charge in [-0.05, 0) is 58.4 Å². The minimum absolute atomic E-state index is 0.0209. The molecule has 1 aliphatic heterocycles. The molecule has 1 saturated heterocycles. The highest BCUT2D eigenvalue weighted by Crippen LogP contribution is 2.36. The number of aliphatic carboxylic acids is 1. The normalized spacial score (nSPS) is 17.9. The Labute approximate surface area is 218 Å². The summed E-state index contributed by atoms with van der Waals surface area (Å²) in [6, 6.07) is 6.73. The first-order valence-electron chi connectivity index (χ1n) is 12.7. The number of hydrogen-bond donors (Lipinski definition) is 4. The van der Waals surface area contributed by atoms with Gasteiger partial charge in [-0.1, -0.05) is 44.2 Å². The van der Waals surface area contributed by atoms with E-state index in [9.17, 15) is 29.4 Å². The number of nitrogens with one attached hydrogen (secondary N) is 2. The Balaban J connectivity index is 2.30. The topological polar surface area (TPSA) is 145 Å². The lowest BCUT2D eigenvalue weighted by atomic mass is 9.71. The summed E-state index contributed by atoms with van der Waals surface area (Å²) in [6.07, 6.45) is -0.833. The van der Waals surface area contributed by atoms with Crippen LogP contribution in [-0.4, -0.2) is 75.9 Å². The molecule has 1 aliphatic rings. The molecule has 10 nitrogen and oxygen atoms in total. The molecule has 10 heteroatoms. The predicted molar refractivity (Wildman–Crippen MR) is 138 cm³/mol. The van der Waals surface area contributed by atoms with Crippen LogP contribution in [-0.2, 0) is 24.5 Å². The van der Waals surface area contributed by atoms with E-state index in [1.807, 2.05) is 44.2 Å². The summed E-state index contributed by atoms with van der Waals surface area (Å²) in [5, 5.41) is 24.4. The number of carboxylic acids is 1. The lowest BCUT2D eigenvalue weighted by Crippen LogP contribution is -2.59. The van der Waals surface area contributed by atoms with Crippen LogP contribution in [0.3, 0.4) is 0 Å². The number of aliphatic hydroxyl groups is 1. The van der Waals surface area contributed by atoms with Crippen molar-refractivity contribution in [3.63, 3.8) is 0 Å². The highest BCUT2D eigenvalue weighted by Gasteiger charge is 2.45. The lowest BCUT2D eigenvalue weighted by molar-refractivity contribution is -0.145. The summed E-state index contributed by atoms with van der Waals surface area (Å²) in [4.78, 5) is 52.6. The molecule has 1 heterocycles. The van der Waals surface area contributed by atoms with Crippen LogP contribution in [0.2, 0.25) is 0 Å². The number of benzene rings is 1. The van der Waals surface area contributed by atoms with E-state index in [0.717, 1.165) is 5.56 Å². The number of carbonyl (C=O) groups is 4. The second-order valence-corrected chi connectivity index (χ2v) is 11.1. The van der Waals surface area contributed by atoms with Crippen molar-refractivity contribution in [2.45, 2.75) is 90.0 Å². The highest BCUT2D eigenvalue weighted by atomic mass is 16.6. The molecule has 0 radical (unpaired) electrons. The summed E-state index contributed by atoms with van der Waals surface area (Å²) in [5.74, 6) is -2.39. The van der Waals surface area contributed by atoms with E-state index in [1.54, 1.807) is 25.7 Å². The molecule has 0 saturated carbocycles. The third-order valence-electron chi connectivity index (χ3n) is 6.40. The lowest BCUT2D eigenvalue weighted by Gasteiger charge is -2.42. The van der Waals surface area contributed by atoms with Gasteiger partial charge in [0.25, 0.3) is 0 Å². The number of carboxylic acid groups (broad SMARTS) is 1. The van der Waals surface area contributed by atoms with Crippen molar-refractivity contribution in [1.29, 1.82) is 0 Å². The van der Waals surface area contributed by atoms with Crippen LogP contribution < -0.4 is 10.6 Å². The Morgan fingerprint density at radius 1 is 1.03 bits per heavy atom. The highest BCUT2D eigenvalue weighted by molar-refractivity contribution is 5.94. The van der Waals surface area contributed by atoms with Gasteiger partial charge in [0.1, 0.15) is 11.6 Å². The van der Waals surface area contributed by atoms with Gasteiger partial charge in [-0.3, -0.25) is 9.59 Å². The molecule has 206 valence electrons. The van der Waals surface area contributed by atoms with Crippen LogP contribution in [0.15, 0.2) is 30.3 Å². The number of amides is 3. The summed E-state index contributed by atoms with van der Waals surface area (Å²) in [5.41, 5.74) is -0.863. The first kappa shape index (κ1) is 30.1. The van der Waals surface area contributed by atoms with Gasteiger partial charge in [0.2, 0.25) is 11.8 Å². The first-order valence-corrected chi connectivity index (χ1v) is 12.7. The fraction of sp³-hybridized carbons (Fsp3) is 0.630. The monoisotopic (exact) mass is 519 g/mol. The minimum atomic E-state index is -1.50. The smallest absolute Gasteiger partial charge is 0.410 e. The minimum Gasteiger partial charge on any atom is -0.480 e. The van der Waals surface area contributed by atoms with Crippen LogP contribution in [0.5, 0.6) is 0 Å². The second-order valence-electron chi connectivity index (χ2n) is 11.1. The first-order chi connectivity index (χ1) is 17.2. The molecular weight excluding hydrogens is 478 g/mol. The number of rotatable bonds is 9. The van der Waals surface area contributed by atoms with E-state index in [1.165, 1.54) is 6.92 Å². The molecule has 1 aromatic carbocycles. The van der Waals surface area contributed by atoms with Gasteiger partial charge in [-0.25, -0.2) is 9.59 Å². The van der Waals surface area contributed by atoms with Crippen LogP contribution in [0, 0.1) is 5.92 Å². The van der Waals surface area contributed by atoms with E-state index in [2.05, 4.69) is 10.6 Å². The van der Waals surface area contributed by atoms with Gasteiger partial charge < -0.3 is 30.5 Å².